The number of aryl methyl sites for hydroxylation is 1. The van der Waals surface area contributed by atoms with Gasteiger partial charge in [-0.25, -0.2) is 0 Å². The summed E-state index contributed by atoms with van der Waals surface area (Å²) in [5.41, 5.74) is 12.1. The molecule has 1 aliphatic carbocycles. The predicted octanol–water partition coefficient (Wildman–Crippen LogP) is 9.83. The fraction of sp³-hybridized carbons (Fsp3) is 0.0526. The van der Waals surface area contributed by atoms with E-state index in [0.29, 0.717) is 0 Å². The van der Waals surface area contributed by atoms with E-state index >= 15 is 0 Å². The summed E-state index contributed by atoms with van der Waals surface area (Å²) in [6.07, 6.45) is 0. The van der Waals surface area contributed by atoms with E-state index in [9.17, 15) is 0 Å². The van der Waals surface area contributed by atoms with Crippen LogP contribution in [0.5, 0.6) is 0 Å². The van der Waals surface area contributed by atoms with Crippen molar-refractivity contribution in [1.82, 2.24) is 0 Å². The highest BCUT2D eigenvalue weighted by molar-refractivity contribution is 5.89. The lowest BCUT2D eigenvalue weighted by Gasteiger charge is -2.35. The van der Waals surface area contributed by atoms with Crippen molar-refractivity contribution < 1.29 is 0 Å². The summed E-state index contributed by atoms with van der Waals surface area (Å²) in [6, 6.07) is 57.3. The predicted molar refractivity (Wildman–Crippen MR) is 163 cm³/mol. The van der Waals surface area contributed by atoms with Crippen LogP contribution in [0.3, 0.4) is 0 Å². The molecule has 39 heavy (non-hydrogen) atoms. The van der Waals surface area contributed by atoms with Gasteiger partial charge in [0, 0.05) is 17.1 Å². The SMILES string of the molecule is Cc1ccc(C2(c3ccccc3)c3ccccc3-c3ccc(N(c4ccccc4)c4ccccc4)cc32)cc1. The maximum Gasteiger partial charge on any atom is 0.0714 e. The highest BCUT2D eigenvalue weighted by Crippen LogP contribution is 2.57. The number of hydrogen-bond acceptors (Lipinski definition) is 1. The Balaban J connectivity index is 1.55. The van der Waals surface area contributed by atoms with Crippen molar-refractivity contribution in [3.8, 4) is 11.1 Å². The minimum Gasteiger partial charge on any atom is -0.310 e. The summed E-state index contributed by atoms with van der Waals surface area (Å²) in [5.74, 6) is 0. The summed E-state index contributed by atoms with van der Waals surface area (Å²) in [5, 5.41) is 0. The van der Waals surface area contributed by atoms with E-state index in [-0.39, 0.29) is 0 Å². The first-order valence-electron chi connectivity index (χ1n) is 13.5. The van der Waals surface area contributed by atoms with Gasteiger partial charge in [0.15, 0.2) is 0 Å². The van der Waals surface area contributed by atoms with Crippen molar-refractivity contribution in [2.45, 2.75) is 12.3 Å². The molecule has 1 aliphatic rings. The maximum absolute atomic E-state index is 2.42. The molecule has 0 spiro atoms. The average molecular weight is 500 g/mol. The van der Waals surface area contributed by atoms with Gasteiger partial charge in [-0.1, -0.05) is 127 Å². The number of benzene rings is 6. The Bertz CT molecular complexity index is 1700. The Morgan fingerprint density at radius 1 is 0.410 bits per heavy atom. The largest absolute Gasteiger partial charge is 0.310 e. The summed E-state index contributed by atoms with van der Waals surface area (Å²) in [6.45, 7) is 2.16. The van der Waals surface area contributed by atoms with Crippen LogP contribution in [-0.2, 0) is 5.41 Å². The van der Waals surface area contributed by atoms with Crippen molar-refractivity contribution in [1.29, 1.82) is 0 Å². The molecule has 186 valence electrons. The van der Waals surface area contributed by atoms with E-state index in [1.807, 2.05) is 0 Å². The summed E-state index contributed by atoms with van der Waals surface area (Å²) in [7, 11) is 0. The minimum atomic E-state index is -0.421. The van der Waals surface area contributed by atoms with E-state index in [2.05, 4.69) is 170 Å². The van der Waals surface area contributed by atoms with Gasteiger partial charge in [0.2, 0.25) is 0 Å². The van der Waals surface area contributed by atoms with Crippen molar-refractivity contribution in [2.75, 3.05) is 4.90 Å². The second kappa shape index (κ2) is 9.45. The zero-order valence-electron chi connectivity index (χ0n) is 22.0. The van der Waals surface area contributed by atoms with Crippen LogP contribution in [0.25, 0.3) is 11.1 Å². The molecule has 0 bridgehead atoms. The molecule has 6 aromatic carbocycles. The molecule has 0 fully saturated rings. The van der Waals surface area contributed by atoms with Gasteiger partial charge in [-0.3, -0.25) is 0 Å². The minimum absolute atomic E-state index is 0.421. The lowest BCUT2D eigenvalue weighted by Crippen LogP contribution is -2.28. The van der Waals surface area contributed by atoms with E-state index in [1.54, 1.807) is 0 Å². The van der Waals surface area contributed by atoms with Gasteiger partial charge in [0.25, 0.3) is 0 Å². The molecule has 1 atom stereocenters. The van der Waals surface area contributed by atoms with Crippen LogP contribution in [0.15, 0.2) is 158 Å². The molecule has 0 saturated carbocycles. The molecule has 0 saturated heterocycles. The first-order chi connectivity index (χ1) is 19.3. The fourth-order valence-electron chi connectivity index (χ4n) is 6.29. The molecule has 0 amide bonds. The van der Waals surface area contributed by atoms with Gasteiger partial charge in [-0.15, -0.1) is 0 Å². The van der Waals surface area contributed by atoms with E-state index in [4.69, 9.17) is 0 Å². The monoisotopic (exact) mass is 499 g/mol. The Morgan fingerprint density at radius 3 is 1.56 bits per heavy atom. The number of nitrogens with zero attached hydrogens (tertiary/aromatic N) is 1. The molecule has 0 aliphatic heterocycles. The Labute approximate surface area is 230 Å². The normalized spacial score (nSPS) is 15.4. The summed E-state index contributed by atoms with van der Waals surface area (Å²) >= 11 is 0. The Kier molecular flexibility index (Phi) is 5.64. The molecular formula is C38H29N. The van der Waals surface area contributed by atoms with Crippen LogP contribution < -0.4 is 4.90 Å². The molecule has 0 N–H and O–H groups in total. The molecule has 1 heteroatoms. The third kappa shape index (κ3) is 3.70. The third-order valence-electron chi connectivity index (χ3n) is 8.01. The molecule has 6 aromatic rings. The van der Waals surface area contributed by atoms with Crippen LogP contribution >= 0.6 is 0 Å². The fourth-order valence-corrected chi connectivity index (χ4v) is 6.29. The van der Waals surface area contributed by atoms with Gasteiger partial charge >= 0.3 is 0 Å². The van der Waals surface area contributed by atoms with Crippen LogP contribution in [0.2, 0.25) is 0 Å². The smallest absolute Gasteiger partial charge is 0.0714 e. The second-order valence-electron chi connectivity index (χ2n) is 10.3. The summed E-state index contributed by atoms with van der Waals surface area (Å²) in [4.78, 5) is 2.36. The molecule has 1 unspecified atom stereocenters. The van der Waals surface area contributed by atoms with E-state index in [1.165, 1.54) is 38.9 Å². The molecule has 7 rings (SSSR count). The van der Waals surface area contributed by atoms with Crippen LogP contribution in [-0.4, -0.2) is 0 Å². The van der Waals surface area contributed by atoms with Gasteiger partial charge in [0.1, 0.15) is 0 Å². The lowest BCUT2D eigenvalue weighted by atomic mass is 9.67. The standard InChI is InChI=1S/C38H29N/c1-28-21-23-30(24-22-28)38(29-13-5-2-6-14-29)36-20-12-11-19-34(36)35-26-25-33(27-37(35)38)39(31-15-7-3-8-16-31)32-17-9-4-10-18-32/h2-27H,1H3. The van der Waals surface area contributed by atoms with Gasteiger partial charge in [-0.2, -0.15) is 0 Å². The Morgan fingerprint density at radius 2 is 0.923 bits per heavy atom. The third-order valence-corrected chi connectivity index (χ3v) is 8.01. The van der Waals surface area contributed by atoms with Crippen molar-refractivity contribution in [3.05, 3.63) is 186 Å². The first-order valence-corrected chi connectivity index (χ1v) is 13.5. The molecule has 0 aromatic heterocycles. The maximum atomic E-state index is 2.42. The molecular weight excluding hydrogens is 470 g/mol. The van der Waals surface area contributed by atoms with Crippen LogP contribution in [0.1, 0.15) is 27.8 Å². The quantitative estimate of drug-likeness (QED) is 0.228. The average Bonchev–Trinajstić information content (AvgIpc) is 3.30. The van der Waals surface area contributed by atoms with Crippen LogP contribution in [0, 0.1) is 6.92 Å². The lowest BCUT2D eigenvalue weighted by molar-refractivity contribution is 0.768. The molecule has 0 radical (unpaired) electrons. The number of anilines is 3. The van der Waals surface area contributed by atoms with Gasteiger partial charge in [0.05, 0.1) is 5.41 Å². The van der Waals surface area contributed by atoms with Crippen LogP contribution in [0.4, 0.5) is 17.1 Å². The van der Waals surface area contributed by atoms with Gasteiger partial charge in [-0.05, 0) is 76.7 Å². The van der Waals surface area contributed by atoms with Crippen molar-refractivity contribution in [3.63, 3.8) is 0 Å². The second-order valence-corrected chi connectivity index (χ2v) is 10.3. The van der Waals surface area contributed by atoms with Crippen molar-refractivity contribution >= 4 is 17.1 Å². The van der Waals surface area contributed by atoms with E-state index < -0.39 is 5.41 Å². The number of hydrogen-bond donors (Lipinski definition) is 0. The highest BCUT2D eigenvalue weighted by atomic mass is 15.1. The van der Waals surface area contributed by atoms with E-state index in [0.717, 1.165) is 17.1 Å². The first kappa shape index (κ1) is 23.3. The molecule has 1 nitrogen and oxygen atoms in total. The Hall–Kier alpha value is -4.88. The zero-order valence-corrected chi connectivity index (χ0v) is 22.0. The topological polar surface area (TPSA) is 3.24 Å². The molecule has 0 heterocycles. The summed E-state index contributed by atoms with van der Waals surface area (Å²) < 4.78 is 0. The number of rotatable bonds is 5. The van der Waals surface area contributed by atoms with Gasteiger partial charge < -0.3 is 4.90 Å². The number of fused-ring (bicyclic) bond motifs is 3. The highest BCUT2D eigenvalue weighted by Gasteiger charge is 2.46. The number of para-hydroxylation sites is 2. The zero-order chi connectivity index (χ0) is 26.2. The van der Waals surface area contributed by atoms with Crippen molar-refractivity contribution in [2.24, 2.45) is 0 Å².